The SMILES string of the molecule is CCC[C@H](N)C(=O)Nc1ccc([N+](=O)[O-])cc1O. The maximum atomic E-state index is 11.6. The number of hydrogen-bond acceptors (Lipinski definition) is 5. The van der Waals surface area contributed by atoms with Crippen LogP contribution in [-0.4, -0.2) is 22.0 Å². The van der Waals surface area contributed by atoms with Crippen LogP contribution in [0.4, 0.5) is 11.4 Å². The van der Waals surface area contributed by atoms with Gasteiger partial charge < -0.3 is 16.2 Å². The topological polar surface area (TPSA) is 118 Å². The quantitative estimate of drug-likeness (QED) is 0.416. The second kappa shape index (κ2) is 5.97. The van der Waals surface area contributed by atoms with E-state index in [0.29, 0.717) is 6.42 Å². The zero-order valence-corrected chi connectivity index (χ0v) is 9.92. The van der Waals surface area contributed by atoms with Gasteiger partial charge in [-0.15, -0.1) is 0 Å². The molecule has 0 unspecified atom stereocenters. The van der Waals surface area contributed by atoms with Crippen LogP contribution in [0.2, 0.25) is 0 Å². The molecule has 1 aromatic carbocycles. The summed E-state index contributed by atoms with van der Waals surface area (Å²) in [6.45, 7) is 1.90. The van der Waals surface area contributed by atoms with E-state index in [1.807, 2.05) is 6.92 Å². The van der Waals surface area contributed by atoms with Gasteiger partial charge in [-0.2, -0.15) is 0 Å². The summed E-state index contributed by atoms with van der Waals surface area (Å²) >= 11 is 0. The lowest BCUT2D eigenvalue weighted by Crippen LogP contribution is -2.35. The number of phenols is 1. The molecule has 0 fully saturated rings. The van der Waals surface area contributed by atoms with Gasteiger partial charge in [0.15, 0.2) is 0 Å². The summed E-state index contributed by atoms with van der Waals surface area (Å²) < 4.78 is 0. The molecule has 0 aliphatic carbocycles. The monoisotopic (exact) mass is 253 g/mol. The Morgan fingerprint density at radius 2 is 2.28 bits per heavy atom. The van der Waals surface area contributed by atoms with Crippen LogP contribution >= 0.6 is 0 Å². The number of amides is 1. The highest BCUT2D eigenvalue weighted by Crippen LogP contribution is 2.27. The third-order valence-corrected chi connectivity index (χ3v) is 2.39. The summed E-state index contributed by atoms with van der Waals surface area (Å²) in [5.74, 6) is -0.790. The Hall–Kier alpha value is -2.15. The van der Waals surface area contributed by atoms with Crippen LogP contribution in [0.3, 0.4) is 0 Å². The number of carbonyl (C=O) groups is 1. The third kappa shape index (κ3) is 3.42. The van der Waals surface area contributed by atoms with E-state index in [1.54, 1.807) is 0 Å². The van der Waals surface area contributed by atoms with Gasteiger partial charge in [0.2, 0.25) is 5.91 Å². The molecule has 0 aromatic heterocycles. The second-order valence-corrected chi connectivity index (χ2v) is 3.84. The number of nitro benzene ring substituents is 1. The minimum absolute atomic E-state index is 0.108. The number of anilines is 1. The van der Waals surface area contributed by atoms with Crippen LogP contribution in [0.1, 0.15) is 19.8 Å². The predicted octanol–water partition coefficient (Wildman–Crippen LogP) is 1.37. The number of nitrogens with one attached hydrogen (secondary N) is 1. The van der Waals surface area contributed by atoms with E-state index >= 15 is 0 Å². The zero-order chi connectivity index (χ0) is 13.7. The van der Waals surface area contributed by atoms with E-state index in [1.165, 1.54) is 12.1 Å². The zero-order valence-electron chi connectivity index (χ0n) is 9.92. The number of rotatable bonds is 5. The molecule has 98 valence electrons. The molecule has 0 aliphatic heterocycles. The smallest absolute Gasteiger partial charge is 0.273 e. The number of hydrogen-bond donors (Lipinski definition) is 3. The summed E-state index contributed by atoms with van der Waals surface area (Å²) in [7, 11) is 0. The largest absolute Gasteiger partial charge is 0.506 e. The van der Waals surface area contributed by atoms with Crippen molar-refractivity contribution in [3.63, 3.8) is 0 Å². The van der Waals surface area contributed by atoms with Crippen LogP contribution < -0.4 is 11.1 Å². The number of nitrogens with zero attached hydrogens (tertiary/aromatic N) is 1. The molecule has 0 saturated heterocycles. The van der Waals surface area contributed by atoms with Crippen molar-refractivity contribution < 1.29 is 14.8 Å². The Labute approximate surface area is 104 Å². The summed E-state index contributed by atoms with van der Waals surface area (Å²) in [5.41, 5.74) is 5.46. The number of carbonyl (C=O) groups excluding carboxylic acids is 1. The maximum absolute atomic E-state index is 11.6. The molecule has 1 rings (SSSR count). The van der Waals surface area contributed by atoms with Gasteiger partial charge in [0, 0.05) is 6.07 Å². The molecule has 1 aromatic rings. The first kappa shape index (κ1) is 13.9. The number of nitro groups is 1. The molecule has 7 nitrogen and oxygen atoms in total. The molecule has 0 aliphatic rings. The van der Waals surface area contributed by atoms with Crippen molar-refractivity contribution in [2.75, 3.05) is 5.32 Å². The molecule has 0 radical (unpaired) electrons. The second-order valence-electron chi connectivity index (χ2n) is 3.84. The average Bonchev–Trinajstić information content (AvgIpc) is 2.31. The third-order valence-electron chi connectivity index (χ3n) is 2.39. The molecular formula is C11H15N3O4. The van der Waals surface area contributed by atoms with Crippen LogP contribution in [0.25, 0.3) is 0 Å². The average molecular weight is 253 g/mol. The lowest BCUT2D eigenvalue weighted by Gasteiger charge is -2.11. The highest BCUT2D eigenvalue weighted by Gasteiger charge is 2.16. The number of nitrogens with two attached hydrogens (primary N) is 1. The molecule has 1 atom stereocenters. The first-order chi connectivity index (χ1) is 8.45. The van der Waals surface area contributed by atoms with Crippen molar-refractivity contribution >= 4 is 17.3 Å². The lowest BCUT2D eigenvalue weighted by molar-refractivity contribution is -0.384. The van der Waals surface area contributed by atoms with E-state index in [-0.39, 0.29) is 17.1 Å². The Bertz CT molecular complexity index is 462. The molecule has 0 heterocycles. The van der Waals surface area contributed by atoms with Crippen molar-refractivity contribution in [1.82, 2.24) is 0 Å². The summed E-state index contributed by atoms with van der Waals surface area (Å²) in [5, 5.41) is 22.4. The molecular weight excluding hydrogens is 238 g/mol. The van der Waals surface area contributed by atoms with Gasteiger partial charge >= 0.3 is 0 Å². The maximum Gasteiger partial charge on any atom is 0.273 e. The van der Waals surface area contributed by atoms with Crippen LogP contribution in [-0.2, 0) is 4.79 Å². The Morgan fingerprint density at radius 3 is 2.78 bits per heavy atom. The van der Waals surface area contributed by atoms with Gasteiger partial charge in [0.25, 0.3) is 5.69 Å². The number of non-ortho nitro benzene ring substituents is 1. The van der Waals surface area contributed by atoms with Crippen molar-refractivity contribution in [2.24, 2.45) is 5.73 Å². The Kier molecular flexibility index (Phi) is 4.61. The lowest BCUT2D eigenvalue weighted by atomic mass is 10.1. The molecule has 0 bridgehead atoms. The fourth-order valence-corrected chi connectivity index (χ4v) is 1.41. The normalized spacial score (nSPS) is 11.9. The summed E-state index contributed by atoms with van der Waals surface area (Å²) in [6.07, 6.45) is 1.29. The van der Waals surface area contributed by atoms with Gasteiger partial charge in [0.05, 0.1) is 22.7 Å². The van der Waals surface area contributed by atoms with E-state index in [0.717, 1.165) is 12.5 Å². The van der Waals surface area contributed by atoms with Crippen molar-refractivity contribution in [1.29, 1.82) is 0 Å². The summed E-state index contributed by atoms with van der Waals surface area (Å²) in [6, 6.07) is 2.77. The summed E-state index contributed by atoms with van der Waals surface area (Å²) in [4.78, 5) is 21.4. The van der Waals surface area contributed by atoms with Crippen LogP contribution in [0.15, 0.2) is 18.2 Å². The van der Waals surface area contributed by atoms with Crippen molar-refractivity contribution in [3.05, 3.63) is 28.3 Å². The van der Waals surface area contributed by atoms with Gasteiger partial charge in [-0.25, -0.2) is 0 Å². The van der Waals surface area contributed by atoms with Gasteiger partial charge in [-0.1, -0.05) is 13.3 Å². The molecule has 0 spiro atoms. The number of benzene rings is 1. The Morgan fingerprint density at radius 1 is 1.61 bits per heavy atom. The molecule has 0 saturated carbocycles. The fraction of sp³-hybridized carbons (Fsp3) is 0.364. The molecule has 1 amide bonds. The predicted molar refractivity (Wildman–Crippen MR) is 66.3 cm³/mol. The van der Waals surface area contributed by atoms with E-state index in [9.17, 15) is 20.0 Å². The highest BCUT2D eigenvalue weighted by atomic mass is 16.6. The van der Waals surface area contributed by atoms with Crippen molar-refractivity contribution in [3.8, 4) is 5.75 Å². The van der Waals surface area contributed by atoms with Gasteiger partial charge in [-0.3, -0.25) is 14.9 Å². The first-order valence-electron chi connectivity index (χ1n) is 5.49. The minimum atomic E-state index is -0.662. The van der Waals surface area contributed by atoms with Crippen LogP contribution in [0.5, 0.6) is 5.75 Å². The number of aromatic hydroxyl groups is 1. The van der Waals surface area contributed by atoms with E-state index in [4.69, 9.17) is 5.73 Å². The van der Waals surface area contributed by atoms with Gasteiger partial charge in [-0.05, 0) is 12.5 Å². The standard InChI is InChI=1S/C11H15N3O4/c1-2-3-8(12)11(16)13-9-5-4-7(14(17)18)6-10(9)15/h4-6,8,15H,2-3,12H2,1H3,(H,13,16)/t8-/m0/s1. The van der Waals surface area contributed by atoms with Gasteiger partial charge in [0.1, 0.15) is 5.75 Å². The first-order valence-corrected chi connectivity index (χ1v) is 5.49. The minimum Gasteiger partial charge on any atom is -0.506 e. The van der Waals surface area contributed by atoms with Crippen molar-refractivity contribution in [2.45, 2.75) is 25.8 Å². The highest BCUT2D eigenvalue weighted by molar-refractivity contribution is 5.96. The number of phenolic OH excluding ortho intramolecular Hbond substituents is 1. The molecule has 4 N–H and O–H groups in total. The molecule has 7 heteroatoms. The Balaban J connectivity index is 2.79. The fourth-order valence-electron chi connectivity index (χ4n) is 1.41. The van der Waals surface area contributed by atoms with Crippen LogP contribution in [0, 0.1) is 10.1 Å². The molecule has 18 heavy (non-hydrogen) atoms. The van der Waals surface area contributed by atoms with E-state index < -0.39 is 16.9 Å². The van der Waals surface area contributed by atoms with E-state index in [2.05, 4.69) is 5.32 Å².